The van der Waals surface area contributed by atoms with Crippen molar-refractivity contribution in [3.63, 3.8) is 0 Å². The molecule has 1 fully saturated rings. The van der Waals surface area contributed by atoms with Crippen LogP contribution in [0.25, 0.3) is 0 Å². The summed E-state index contributed by atoms with van der Waals surface area (Å²) in [5.74, 6) is 0. The third-order valence-corrected chi connectivity index (χ3v) is 1.44. The minimum absolute atomic E-state index is 0.0672. The third kappa shape index (κ3) is 2.01. The van der Waals surface area contributed by atoms with Gasteiger partial charge in [0.2, 0.25) is 0 Å². The third-order valence-electron chi connectivity index (χ3n) is 1.44. The summed E-state index contributed by atoms with van der Waals surface area (Å²) >= 11 is 0. The predicted octanol–water partition coefficient (Wildman–Crippen LogP) is 0.00560. The van der Waals surface area contributed by atoms with Crippen molar-refractivity contribution in [2.45, 2.75) is 19.1 Å². The van der Waals surface area contributed by atoms with Gasteiger partial charge in [0, 0.05) is 0 Å². The molecule has 2 N–H and O–H groups in total. The minimum atomic E-state index is -0.898. The zero-order valence-corrected chi connectivity index (χ0v) is 6.48. The molecule has 12 heavy (non-hydrogen) atoms. The van der Waals surface area contributed by atoms with Crippen molar-refractivity contribution in [2.24, 2.45) is 5.73 Å². The number of cyclic esters (lactones) is 2. The Morgan fingerprint density at radius 2 is 2.33 bits per heavy atom. The van der Waals surface area contributed by atoms with Gasteiger partial charge >= 0.3 is 12.2 Å². The van der Waals surface area contributed by atoms with Gasteiger partial charge in [-0.1, -0.05) is 0 Å². The molecule has 6 heteroatoms. The van der Waals surface area contributed by atoms with E-state index in [0.29, 0.717) is 0 Å². The molecule has 0 bridgehead atoms. The van der Waals surface area contributed by atoms with Crippen molar-refractivity contribution in [3.05, 3.63) is 0 Å². The van der Waals surface area contributed by atoms with Gasteiger partial charge in [-0.15, -0.1) is 0 Å². The van der Waals surface area contributed by atoms with Crippen molar-refractivity contribution in [3.8, 4) is 0 Å². The van der Waals surface area contributed by atoms with Crippen LogP contribution in [0.4, 0.5) is 9.59 Å². The number of nitrogens with two attached hydrogens (primary N) is 1. The van der Waals surface area contributed by atoms with Crippen molar-refractivity contribution >= 4 is 12.2 Å². The Bertz CT molecular complexity index is 204. The van der Waals surface area contributed by atoms with Crippen molar-refractivity contribution in [2.75, 3.05) is 6.61 Å². The van der Waals surface area contributed by atoms with Gasteiger partial charge < -0.3 is 19.9 Å². The molecule has 1 aliphatic heterocycles. The molecule has 2 atom stereocenters. The molecular weight excluding hydrogens is 166 g/mol. The van der Waals surface area contributed by atoms with E-state index >= 15 is 0 Å². The molecule has 0 aromatic heterocycles. The van der Waals surface area contributed by atoms with Crippen LogP contribution in [0.2, 0.25) is 0 Å². The highest BCUT2D eigenvalue weighted by atomic mass is 16.8. The highest BCUT2D eigenvalue weighted by molar-refractivity contribution is 5.65. The molecule has 1 heterocycles. The van der Waals surface area contributed by atoms with Crippen LogP contribution in [-0.4, -0.2) is 31.1 Å². The summed E-state index contributed by atoms with van der Waals surface area (Å²) in [7, 11) is 0. The van der Waals surface area contributed by atoms with Gasteiger partial charge in [0.25, 0.3) is 0 Å². The molecule has 0 aromatic rings. The summed E-state index contributed by atoms with van der Waals surface area (Å²) < 4.78 is 13.7. The molecule has 1 aliphatic rings. The number of primary amides is 1. The van der Waals surface area contributed by atoms with E-state index in [0.717, 1.165) is 0 Å². The Labute approximate surface area is 68.6 Å². The SMILES string of the molecule is CC1OC(=O)OC1COC(N)=O. The lowest BCUT2D eigenvalue weighted by atomic mass is 10.2. The summed E-state index contributed by atoms with van der Waals surface area (Å²) in [6.07, 6.45) is -2.60. The van der Waals surface area contributed by atoms with E-state index in [1.165, 1.54) is 0 Å². The molecule has 1 amide bonds. The average Bonchev–Trinajstić information content (AvgIpc) is 2.26. The van der Waals surface area contributed by atoms with Gasteiger partial charge in [-0.2, -0.15) is 0 Å². The van der Waals surface area contributed by atoms with Crippen molar-refractivity contribution < 1.29 is 23.8 Å². The first-order valence-electron chi connectivity index (χ1n) is 3.39. The van der Waals surface area contributed by atoms with Crippen molar-refractivity contribution in [1.82, 2.24) is 0 Å². The van der Waals surface area contributed by atoms with Crippen LogP contribution in [-0.2, 0) is 14.2 Å². The summed E-state index contributed by atoms with van der Waals surface area (Å²) in [5, 5.41) is 0. The molecule has 0 aromatic carbocycles. The van der Waals surface area contributed by atoms with Crippen LogP contribution in [0, 0.1) is 0 Å². The standard InChI is InChI=1S/C6H9NO5/c1-3-4(2-10-5(7)8)12-6(9)11-3/h3-4H,2H2,1H3,(H2,7,8). The molecular formula is C6H9NO5. The van der Waals surface area contributed by atoms with E-state index in [4.69, 9.17) is 5.73 Å². The Kier molecular flexibility index (Phi) is 2.37. The van der Waals surface area contributed by atoms with Crippen LogP contribution in [0.5, 0.6) is 0 Å². The van der Waals surface area contributed by atoms with Crippen LogP contribution in [0.1, 0.15) is 6.92 Å². The van der Waals surface area contributed by atoms with Gasteiger partial charge in [-0.3, -0.25) is 0 Å². The summed E-state index contributed by atoms with van der Waals surface area (Å²) in [6.45, 7) is 1.57. The second kappa shape index (κ2) is 3.29. The summed E-state index contributed by atoms with van der Waals surface area (Å²) in [4.78, 5) is 20.7. The fourth-order valence-corrected chi connectivity index (χ4v) is 0.809. The topological polar surface area (TPSA) is 87.8 Å². The van der Waals surface area contributed by atoms with E-state index in [-0.39, 0.29) is 6.61 Å². The Hall–Kier alpha value is -1.46. The average molecular weight is 175 g/mol. The zero-order chi connectivity index (χ0) is 9.14. The molecule has 0 spiro atoms. The predicted molar refractivity (Wildman–Crippen MR) is 36.4 cm³/mol. The largest absolute Gasteiger partial charge is 0.509 e. The second-order valence-electron chi connectivity index (χ2n) is 2.36. The number of rotatable bonds is 2. The highest BCUT2D eigenvalue weighted by Gasteiger charge is 2.33. The quantitative estimate of drug-likeness (QED) is 0.597. The maximum atomic E-state index is 10.5. The molecule has 6 nitrogen and oxygen atoms in total. The fraction of sp³-hybridized carbons (Fsp3) is 0.667. The Morgan fingerprint density at radius 1 is 1.67 bits per heavy atom. The van der Waals surface area contributed by atoms with E-state index in [9.17, 15) is 9.59 Å². The van der Waals surface area contributed by atoms with Crippen LogP contribution >= 0.6 is 0 Å². The van der Waals surface area contributed by atoms with Gasteiger partial charge in [-0.05, 0) is 6.92 Å². The smallest absolute Gasteiger partial charge is 0.446 e. The number of amides is 1. The molecule has 1 rings (SSSR count). The first-order valence-corrected chi connectivity index (χ1v) is 3.39. The fourth-order valence-electron chi connectivity index (χ4n) is 0.809. The molecule has 0 aliphatic carbocycles. The number of hydrogen-bond donors (Lipinski definition) is 1. The summed E-state index contributed by atoms with van der Waals surface area (Å²) in [6, 6.07) is 0. The molecule has 2 unspecified atom stereocenters. The van der Waals surface area contributed by atoms with Crippen LogP contribution < -0.4 is 5.73 Å². The number of carbonyl (C=O) groups is 2. The molecule has 0 saturated carbocycles. The Morgan fingerprint density at radius 3 is 2.75 bits per heavy atom. The van der Waals surface area contributed by atoms with E-state index in [1.54, 1.807) is 6.92 Å². The lowest BCUT2D eigenvalue weighted by Gasteiger charge is -2.09. The van der Waals surface area contributed by atoms with Crippen LogP contribution in [0.15, 0.2) is 0 Å². The summed E-state index contributed by atoms with van der Waals surface area (Å²) in [5.41, 5.74) is 4.71. The number of carbonyl (C=O) groups excluding carboxylic acids is 2. The van der Waals surface area contributed by atoms with Gasteiger partial charge in [0.05, 0.1) is 0 Å². The zero-order valence-electron chi connectivity index (χ0n) is 6.48. The maximum Gasteiger partial charge on any atom is 0.509 e. The molecule has 0 radical (unpaired) electrons. The number of hydrogen-bond acceptors (Lipinski definition) is 5. The van der Waals surface area contributed by atoms with Crippen molar-refractivity contribution in [1.29, 1.82) is 0 Å². The Balaban J connectivity index is 2.33. The number of ether oxygens (including phenoxy) is 3. The van der Waals surface area contributed by atoms with Gasteiger partial charge in [0.15, 0.2) is 6.10 Å². The van der Waals surface area contributed by atoms with E-state index < -0.39 is 24.5 Å². The first-order chi connectivity index (χ1) is 5.59. The highest BCUT2D eigenvalue weighted by Crippen LogP contribution is 2.14. The second-order valence-corrected chi connectivity index (χ2v) is 2.36. The molecule has 68 valence electrons. The van der Waals surface area contributed by atoms with E-state index in [1.807, 2.05) is 0 Å². The lowest BCUT2D eigenvalue weighted by molar-refractivity contribution is 0.0678. The normalized spacial score (nSPS) is 27.6. The van der Waals surface area contributed by atoms with Crippen LogP contribution in [0.3, 0.4) is 0 Å². The molecule has 1 saturated heterocycles. The first kappa shape index (κ1) is 8.63. The maximum absolute atomic E-state index is 10.5. The van der Waals surface area contributed by atoms with Gasteiger partial charge in [-0.25, -0.2) is 9.59 Å². The van der Waals surface area contributed by atoms with Gasteiger partial charge in [0.1, 0.15) is 12.7 Å². The lowest BCUT2D eigenvalue weighted by Crippen LogP contribution is -2.28. The minimum Gasteiger partial charge on any atom is -0.446 e. The van der Waals surface area contributed by atoms with E-state index in [2.05, 4.69) is 14.2 Å². The monoisotopic (exact) mass is 175 g/mol.